The predicted molar refractivity (Wildman–Crippen MR) is 128 cm³/mol. The van der Waals surface area contributed by atoms with Crippen molar-refractivity contribution in [1.29, 1.82) is 0 Å². The number of amides is 1. The number of benzene rings is 2. The van der Waals surface area contributed by atoms with E-state index < -0.39 is 10.0 Å². The van der Waals surface area contributed by atoms with Crippen LogP contribution < -0.4 is 5.32 Å². The topological polar surface area (TPSA) is 87.5 Å². The minimum absolute atomic E-state index is 0.0326. The lowest BCUT2D eigenvalue weighted by molar-refractivity contribution is -0.122. The van der Waals surface area contributed by atoms with E-state index in [1.165, 1.54) is 24.0 Å². The largest absolute Gasteiger partial charge is 0.353 e. The Morgan fingerprint density at radius 2 is 1.85 bits per heavy atom. The van der Waals surface area contributed by atoms with Crippen molar-refractivity contribution in [2.75, 3.05) is 27.2 Å². The number of carbonyl (C=O) groups excluding carboxylic acids is 1. The minimum atomic E-state index is -3.51. The van der Waals surface area contributed by atoms with E-state index in [2.05, 4.69) is 39.5 Å². The molecule has 176 valence electrons. The lowest BCUT2D eigenvalue weighted by Crippen LogP contribution is -2.44. The molecule has 2 heterocycles. The van der Waals surface area contributed by atoms with Gasteiger partial charge in [0.05, 0.1) is 22.3 Å². The number of imidazole rings is 1. The normalized spacial score (nSPS) is 15.8. The zero-order chi connectivity index (χ0) is 23.4. The number of aromatic nitrogens is 2. The highest BCUT2D eigenvalue weighted by Crippen LogP contribution is 2.20. The zero-order valence-electron chi connectivity index (χ0n) is 19.1. The summed E-state index contributed by atoms with van der Waals surface area (Å²) in [5.74, 6) is 0.0326. The van der Waals surface area contributed by atoms with Gasteiger partial charge in [0.2, 0.25) is 15.9 Å². The molecule has 1 N–H and O–H groups in total. The van der Waals surface area contributed by atoms with Crippen molar-refractivity contribution >= 4 is 27.0 Å². The summed E-state index contributed by atoms with van der Waals surface area (Å²) in [6, 6.07) is 15.6. The molecule has 3 aromatic rings. The molecule has 1 aliphatic heterocycles. The molecule has 0 atom stereocenters. The number of likely N-dealkylation sites (tertiary alicyclic amines) is 1. The molecule has 4 rings (SSSR count). The molecule has 1 saturated heterocycles. The van der Waals surface area contributed by atoms with Crippen LogP contribution in [-0.4, -0.2) is 66.3 Å². The van der Waals surface area contributed by atoms with Crippen LogP contribution in [0, 0.1) is 0 Å². The van der Waals surface area contributed by atoms with Gasteiger partial charge in [-0.15, -0.1) is 0 Å². The molecule has 9 heteroatoms. The molecule has 1 fully saturated rings. The minimum Gasteiger partial charge on any atom is -0.353 e. The van der Waals surface area contributed by atoms with Crippen molar-refractivity contribution in [3.05, 3.63) is 60.4 Å². The third-order valence-corrected chi connectivity index (χ3v) is 7.96. The quantitative estimate of drug-likeness (QED) is 0.548. The smallest absolute Gasteiger partial charge is 0.242 e. The van der Waals surface area contributed by atoms with Crippen LogP contribution in [0.15, 0.2) is 59.8 Å². The Hall–Kier alpha value is -2.75. The number of carbonyl (C=O) groups is 1. The molecular weight excluding hydrogens is 438 g/mol. The summed E-state index contributed by atoms with van der Waals surface area (Å²) in [5.41, 5.74) is 2.73. The molecule has 33 heavy (non-hydrogen) atoms. The SMILES string of the molecule is CN(C)S(=O)(=O)c1ccc2c(c1)ncn2CCC(=O)NC1CCN(Cc2ccccc2)CC1. The van der Waals surface area contributed by atoms with Gasteiger partial charge in [-0.2, -0.15) is 0 Å². The molecule has 1 aliphatic rings. The van der Waals surface area contributed by atoms with Gasteiger partial charge in [-0.1, -0.05) is 30.3 Å². The maximum absolute atomic E-state index is 12.5. The van der Waals surface area contributed by atoms with Crippen molar-refractivity contribution < 1.29 is 13.2 Å². The number of sulfonamides is 1. The van der Waals surface area contributed by atoms with Crippen molar-refractivity contribution in [2.24, 2.45) is 0 Å². The number of rotatable bonds is 8. The second-order valence-electron chi connectivity index (χ2n) is 8.73. The van der Waals surface area contributed by atoms with Crippen LogP contribution in [0.4, 0.5) is 0 Å². The van der Waals surface area contributed by atoms with E-state index in [0.29, 0.717) is 18.5 Å². The Kier molecular flexibility index (Phi) is 7.11. The van der Waals surface area contributed by atoms with Crippen LogP contribution in [0.25, 0.3) is 11.0 Å². The Morgan fingerprint density at radius 1 is 1.12 bits per heavy atom. The summed E-state index contributed by atoms with van der Waals surface area (Å²) >= 11 is 0. The van der Waals surface area contributed by atoms with Gasteiger partial charge in [0.25, 0.3) is 0 Å². The Labute approximate surface area is 195 Å². The summed E-state index contributed by atoms with van der Waals surface area (Å²) in [7, 11) is -0.499. The first-order valence-electron chi connectivity index (χ1n) is 11.3. The van der Waals surface area contributed by atoms with E-state index in [1.807, 2.05) is 10.6 Å². The third kappa shape index (κ3) is 5.61. The Balaban J connectivity index is 1.27. The highest BCUT2D eigenvalue weighted by Gasteiger charge is 2.21. The Bertz CT molecular complexity index is 1200. The van der Waals surface area contributed by atoms with Gasteiger partial charge >= 0.3 is 0 Å². The van der Waals surface area contributed by atoms with E-state index in [1.54, 1.807) is 24.5 Å². The highest BCUT2D eigenvalue weighted by atomic mass is 32.2. The van der Waals surface area contributed by atoms with Gasteiger partial charge in [0.15, 0.2) is 0 Å². The first-order valence-corrected chi connectivity index (χ1v) is 12.7. The number of hydrogen-bond acceptors (Lipinski definition) is 5. The highest BCUT2D eigenvalue weighted by molar-refractivity contribution is 7.89. The lowest BCUT2D eigenvalue weighted by Gasteiger charge is -2.32. The summed E-state index contributed by atoms with van der Waals surface area (Å²) in [6.45, 7) is 3.40. The molecule has 0 saturated carbocycles. The van der Waals surface area contributed by atoms with Gasteiger partial charge in [-0.25, -0.2) is 17.7 Å². The molecule has 0 aliphatic carbocycles. The van der Waals surface area contributed by atoms with Crippen molar-refractivity contribution in [2.45, 2.75) is 43.3 Å². The molecule has 1 aromatic heterocycles. The van der Waals surface area contributed by atoms with E-state index in [-0.39, 0.29) is 16.8 Å². The first-order chi connectivity index (χ1) is 15.8. The van der Waals surface area contributed by atoms with Gasteiger partial charge in [0.1, 0.15) is 0 Å². The van der Waals surface area contributed by atoms with Crippen LogP contribution in [0.1, 0.15) is 24.8 Å². The molecule has 0 unspecified atom stereocenters. The van der Waals surface area contributed by atoms with E-state index >= 15 is 0 Å². The fourth-order valence-corrected chi connectivity index (χ4v) is 5.11. The molecular formula is C24H31N5O3S. The standard InChI is InChI=1S/C24H31N5O3S/c1-27(2)33(31,32)21-8-9-23-22(16-21)25-18-29(23)15-12-24(30)26-20-10-13-28(14-11-20)17-19-6-4-3-5-7-19/h3-9,16,18,20H,10-15,17H2,1-2H3,(H,26,30). The van der Waals surface area contributed by atoms with E-state index in [0.717, 1.165) is 38.0 Å². The van der Waals surface area contributed by atoms with Gasteiger partial charge in [0, 0.05) is 52.7 Å². The van der Waals surface area contributed by atoms with E-state index in [4.69, 9.17) is 0 Å². The summed E-state index contributed by atoms with van der Waals surface area (Å²) < 4.78 is 27.7. The van der Waals surface area contributed by atoms with Crippen molar-refractivity contribution in [3.63, 3.8) is 0 Å². The number of fused-ring (bicyclic) bond motifs is 1. The van der Waals surface area contributed by atoms with Crippen LogP contribution in [-0.2, 0) is 27.9 Å². The predicted octanol–water partition coefficient (Wildman–Crippen LogP) is 2.46. The van der Waals surface area contributed by atoms with Gasteiger partial charge in [-0.05, 0) is 36.6 Å². The van der Waals surface area contributed by atoms with Crippen molar-refractivity contribution in [1.82, 2.24) is 24.1 Å². The summed E-state index contributed by atoms with van der Waals surface area (Å²) in [5, 5.41) is 3.17. The number of aryl methyl sites for hydroxylation is 1. The first kappa shape index (κ1) is 23.4. The molecule has 1 amide bonds. The second-order valence-corrected chi connectivity index (χ2v) is 10.9. The average molecular weight is 470 g/mol. The molecule has 0 bridgehead atoms. The number of hydrogen-bond donors (Lipinski definition) is 1. The van der Waals surface area contributed by atoms with Crippen LogP contribution in [0.5, 0.6) is 0 Å². The monoisotopic (exact) mass is 469 g/mol. The summed E-state index contributed by atoms with van der Waals surface area (Å²) in [6.07, 6.45) is 3.92. The molecule has 2 aromatic carbocycles. The lowest BCUT2D eigenvalue weighted by atomic mass is 10.0. The molecule has 0 spiro atoms. The fourth-order valence-electron chi connectivity index (χ4n) is 4.19. The van der Waals surface area contributed by atoms with Gasteiger partial charge in [-0.3, -0.25) is 9.69 Å². The van der Waals surface area contributed by atoms with Crippen LogP contribution in [0.3, 0.4) is 0 Å². The maximum Gasteiger partial charge on any atom is 0.242 e. The van der Waals surface area contributed by atoms with Gasteiger partial charge < -0.3 is 9.88 Å². The molecule has 0 radical (unpaired) electrons. The maximum atomic E-state index is 12.5. The van der Waals surface area contributed by atoms with Crippen LogP contribution in [0.2, 0.25) is 0 Å². The number of piperidine rings is 1. The summed E-state index contributed by atoms with van der Waals surface area (Å²) in [4.78, 5) is 19.5. The fraction of sp³-hybridized carbons (Fsp3) is 0.417. The van der Waals surface area contributed by atoms with E-state index in [9.17, 15) is 13.2 Å². The second kappa shape index (κ2) is 10.0. The van der Waals surface area contributed by atoms with Crippen LogP contribution >= 0.6 is 0 Å². The number of nitrogens with zero attached hydrogens (tertiary/aromatic N) is 4. The third-order valence-electron chi connectivity index (χ3n) is 6.15. The number of nitrogens with one attached hydrogen (secondary N) is 1. The zero-order valence-corrected chi connectivity index (χ0v) is 20.0. The average Bonchev–Trinajstić information content (AvgIpc) is 3.22. The molecule has 8 nitrogen and oxygen atoms in total. The Morgan fingerprint density at radius 3 is 2.55 bits per heavy atom. The van der Waals surface area contributed by atoms with Crippen molar-refractivity contribution in [3.8, 4) is 0 Å².